The SMILES string of the molecule is CCNC(Cc1ccccc1)c1ccc(CC)cc1. The quantitative estimate of drug-likeness (QED) is 0.815. The van der Waals surface area contributed by atoms with E-state index in [1.807, 2.05) is 0 Å². The monoisotopic (exact) mass is 253 g/mol. The second-order valence-corrected chi connectivity index (χ2v) is 4.90. The molecule has 19 heavy (non-hydrogen) atoms. The van der Waals surface area contributed by atoms with E-state index in [2.05, 4.69) is 73.8 Å². The van der Waals surface area contributed by atoms with Crippen LogP contribution < -0.4 is 5.32 Å². The first-order valence-corrected chi connectivity index (χ1v) is 7.19. The molecular formula is C18H23N. The van der Waals surface area contributed by atoms with Crippen LogP contribution in [0.4, 0.5) is 0 Å². The lowest BCUT2D eigenvalue weighted by Crippen LogP contribution is -2.22. The molecule has 1 heteroatoms. The molecule has 0 bridgehead atoms. The summed E-state index contributed by atoms with van der Waals surface area (Å²) < 4.78 is 0. The second kappa shape index (κ2) is 7.10. The van der Waals surface area contributed by atoms with Gasteiger partial charge in [0.05, 0.1) is 0 Å². The van der Waals surface area contributed by atoms with Crippen LogP contribution in [0.15, 0.2) is 54.6 Å². The van der Waals surface area contributed by atoms with Gasteiger partial charge in [-0.2, -0.15) is 0 Å². The van der Waals surface area contributed by atoms with E-state index < -0.39 is 0 Å². The highest BCUT2D eigenvalue weighted by Crippen LogP contribution is 2.19. The molecule has 1 N–H and O–H groups in total. The normalized spacial score (nSPS) is 12.3. The van der Waals surface area contributed by atoms with Gasteiger partial charge in [-0.15, -0.1) is 0 Å². The lowest BCUT2D eigenvalue weighted by Gasteiger charge is -2.19. The maximum atomic E-state index is 3.58. The van der Waals surface area contributed by atoms with Gasteiger partial charge in [-0.25, -0.2) is 0 Å². The van der Waals surface area contributed by atoms with Crippen molar-refractivity contribution in [1.29, 1.82) is 0 Å². The molecule has 0 aliphatic carbocycles. The average molecular weight is 253 g/mol. The Labute approximate surface area is 116 Å². The summed E-state index contributed by atoms with van der Waals surface area (Å²) in [5.74, 6) is 0. The molecule has 0 amide bonds. The van der Waals surface area contributed by atoms with Crippen LogP contribution in [0, 0.1) is 0 Å². The minimum Gasteiger partial charge on any atom is -0.310 e. The Bertz CT molecular complexity index is 473. The summed E-state index contributed by atoms with van der Waals surface area (Å²) in [5, 5.41) is 3.58. The molecule has 0 aliphatic heterocycles. The Morgan fingerprint density at radius 1 is 0.842 bits per heavy atom. The van der Waals surface area contributed by atoms with Crippen molar-refractivity contribution in [3.05, 3.63) is 71.3 Å². The summed E-state index contributed by atoms with van der Waals surface area (Å²) in [4.78, 5) is 0. The van der Waals surface area contributed by atoms with Crippen LogP contribution in [0.1, 0.15) is 36.6 Å². The number of hydrogen-bond acceptors (Lipinski definition) is 1. The van der Waals surface area contributed by atoms with Gasteiger partial charge >= 0.3 is 0 Å². The van der Waals surface area contributed by atoms with E-state index in [1.54, 1.807) is 0 Å². The van der Waals surface area contributed by atoms with Crippen LogP contribution >= 0.6 is 0 Å². The summed E-state index contributed by atoms with van der Waals surface area (Å²) in [5.41, 5.74) is 4.16. The molecule has 2 aromatic carbocycles. The summed E-state index contributed by atoms with van der Waals surface area (Å²) in [7, 11) is 0. The standard InChI is InChI=1S/C18H23N/c1-3-15-10-12-17(13-11-15)18(19-4-2)14-16-8-6-5-7-9-16/h5-13,18-19H,3-4,14H2,1-2H3. The zero-order valence-corrected chi connectivity index (χ0v) is 11.9. The lowest BCUT2D eigenvalue weighted by molar-refractivity contribution is 0.549. The first kappa shape index (κ1) is 13.8. The van der Waals surface area contributed by atoms with E-state index >= 15 is 0 Å². The average Bonchev–Trinajstić information content (AvgIpc) is 2.48. The molecule has 0 aromatic heterocycles. The number of benzene rings is 2. The lowest BCUT2D eigenvalue weighted by atomic mass is 9.97. The molecule has 2 rings (SSSR count). The molecule has 100 valence electrons. The number of rotatable bonds is 6. The smallest absolute Gasteiger partial charge is 0.0360 e. The van der Waals surface area contributed by atoms with E-state index in [0.29, 0.717) is 6.04 Å². The topological polar surface area (TPSA) is 12.0 Å². The van der Waals surface area contributed by atoms with Gasteiger partial charge in [0.2, 0.25) is 0 Å². The molecule has 1 nitrogen and oxygen atoms in total. The van der Waals surface area contributed by atoms with Crippen molar-refractivity contribution in [2.75, 3.05) is 6.54 Å². The Kier molecular flexibility index (Phi) is 5.17. The highest BCUT2D eigenvalue weighted by molar-refractivity contribution is 5.27. The fourth-order valence-electron chi connectivity index (χ4n) is 2.39. The van der Waals surface area contributed by atoms with Crippen molar-refractivity contribution in [3.63, 3.8) is 0 Å². The molecule has 0 fully saturated rings. The summed E-state index contributed by atoms with van der Waals surface area (Å²) in [6, 6.07) is 20.1. The van der Waals surface area contributed by atoms with E-state index in [4.69, 9.17) is 0 Å². The van der Waals surface area contributed by atoms with E-state index in [1.165, 1.54) is 16.7 Å². The van der Waals surface area contributed by atoms with Gasteiger partial charge < -0.3 is 5.32 Å². The minimum atomic E-state index is 0.401. The van der Waals surface area contributed by atoms with Gasteiger partial charge in [0, 0.05) is 6.04 Å². The second-order valence-electron chi connectivity index (χ2n) is 4.90. The van der Waals surface area contributed by atoms with Crippen LogP contribution in [0.25, 0.3) is 0 Å². The predicted octanol–water partition coefficient (Wildman–Crippen LogP) is 4.14. The van der Waals surface area contributed by atoms with Crippen molar-refractivity contribution in [3.8, 4) is 0 Å². The Hall–Kier alpha value is -1.60. The molecule has 0 radical (unpaired) electrons. The van der Waals surface area contributed by atoms with Gasteiger partial charge in [0.15, 0.2) is 0 Å². The van der Waals surface area contributed by atoms with Gasteiger partial charge in [-0.1, -0.05) is 68.4 Å². The molecular weight excluding hydrogens is 230 g/mol. The fourth-order valence-corrected chi connectivity index (χ4v) is 2.39. The molecule has 2 aromatic rings. The van der Waals surface area contributed by atoms with E-state index in [0.717, 1.165) is 19.4 Å². The number of likely N-dealkylation sites (N-methyl/N-ethyl adjacent to an activating group) is 1. The van der Waals surface area contributed by atoms with Gasteiger partial charge in [0.25, 0.3) is 0 Å². The summed E-state index contributed by atoms with van der Waals surface area (Å²) in [6.07, 6.45) is 2.14. The zero-order valence-electron chi connectivity index (χ0n) is 11.9. The van der Waals surface area contributed by atoms with Crippen molar-refractivity contribution < 1.29 is 0 Å². The van der Waals surface area contributed by atoms with Crippen molar-refractivity contribution in [2.24, 2.45) is 0 Å². The van der Waals surface area contributed by atoms with Crippen LogP contribution in [0.3, 0.4) is 0 Å². The van der Waals surface area contributed by atoms with Gasteiger partial charge in [0.1, 0.15) is 0 Å². The molecule has 0 heterocycles. The number of nitrogens with one attached hydrogen (secondary N) is 1. The maximum Gasteiger partial charge on any atom is 0.0360 e. The molecule has 0 saturated heterocycles. The van der Waals surface area contributed by atoms with Crippen LogP contribution in [-0.4, -0.2) is 6.54 Å². The van der Waals surface area contributed by atoms with Crippen LogP contribution in [0.2, 0.25) is 0 Å². The van der Waals surface area contributed by atoms with Gasteiger partial charge in [-0.3, -0.25) is 0 Å². The first-order valence-electron chi connectivity index (χ1n) is 7.19. The zero-order chi connectivity index (χ0) is 13.5. The molecule has 0 aliphatic rings. The number of hydrogen-bond donors (Lipinski definition) is 1. The fraction of sp³-hybridized carbons (Fsp3) is 0.333. The third-order valence-electron chi connectivity index (χ3n) is 3.52. The Balaban J connectivity index is 2.14. The first-order chi connectivity index (χ1) is 9.33. The predicted molar refractivity (Wildman–Crippen MR) is 82.4 cm³/mol. The molecule has 0 spiro atoms. The third-order valence-corrected chi connectivity index (χ3v) is 3.52. The maximum absolute atomic E-state index is 3.58. The van der Waals surface area contributed by atoms with Crippen molar-refractivity contribution in [2.45, 2.75) is 32.7 Å². The van der Waals surface area contributed by atoms with Crippen molar-refractivity contribution in [1.82, 2.24) is 5.32 Å². The highest BCUT2D eigenvalue weighted by Gasteiger charge is 2.10. The Morgan fingerprint density at radius 2 is 1.53 bits per heavy atom. The molecule has 1 unspecified atom stereocenters. The largest absolute Gasteiger partial charge is 0.310 e. The third kappa shape index (κ3) is 3.93. The summed E-state index contributed by atoms with van der Waals surface area (Å²) in [6.45, 7) is 5.35. The van der Waals surface area contributed by atoms with E-state index in [9.17, 15) is 0 Å². The van der Waals surface area contributed by atoms with Crippen molar-refractivity contribution >= 4 is 0 Å². The highest BCUT2D eigenvalue weighted by atomic mass is 14.9. The number of aryl methyl sites for hydroxylation is 1. The van der Waals surface area contributed by atoms with E-state index in [-0.39, 0.29) is 0 Å². The minimum absolute atomic E-state index is 0.401. The van der Waals surface area contributed by atoms with Crippen LogP contribution in [0.5, 0.6) is 0 Å². The molecule has 1 atom stereocenters. The molecule has 0 saturated carbocycles. The van der Waals surface area contributed by atoms with Gasteiger partial charge in [-0.05, 0) is 36.1 Å². The summed E-state index contributed by atoms with van der Waals surface area (Å²) >= 11 is 0. The Morgan fingerprint density at radius 3 is 2.11 bits per heavy atom. The van der Waals surface area contributed by atoms with Crippen LogP contribution in [-0.2, 0) is 12.8 Å².